The van der Waals surface area contributed by atoms with Gasteiger partial charge >= 0.3 is 24.3 Å². The summed E-state index contributed by atoms with van der Waals surface area (Å²) < 4.78 is 70.0. The van der Waals surface area contributed by atoms with Crippen molar-refractivity contribution in [2.45, 2.75) is 42.8 Å². The van der Waals surface area contributed by atoms with Crippen LogP contribution in [0.3, 0.4) is 0 Å². The largest absolute Gasteiger partial charge is 0.490 e. The number of aliphatic carboxylic acids is 2. The number of nitrogens with zero attached hydrogens (tertiary/aromatic N) is 2. The summed E-state index contributed by atoms with van der Waals surface area (Å²) in [5.41, 5.74) is 1.03. The number of carboxylic acids is 2. The van der Waals surface area contributed by atoms with E-state index in [0.29, 0.717) is 17.5 Å². The van der Waals surface area contributed by atoms with E-state index < -0.39 is 24.3 Å². The molecule has 2 aromatic heterocycles. The number of rotatable bonds is 5. The van der Waals surface area contributed by atoms with E-state index in [2.05, 4.69) is 39.2 Å². The molecule has 0 bridgehead atoms. The first-order valence-corrected chi connectivity index (χ1v) is 12.1. The van der Waals surface area contributed by atoms with Gasteiger partial charge in [0.2, 0.25) is 0 Å². The van der Waals surface area contributed by atoms with Gasteiger partial charge in [0, 0.05) is 41.2 Å². The van der Waals surface area contributed by atoms with Crippen LogP contribution < -0.4 is 0 Å². The van der Waals surface area contributed by atoms with Gasteiger partial charge in [0.05, 0.1) is 18.4 Å². The zero-order valence-electron chi connectivity index (χ0n) is 18.5. The van der Waals surface area contributed by atoms with Gasteiger partial charge < -0.3 is 14.9 Å². The van der Waals surface area contributed by atoms with E-state index in [1.54, 1.807) is 0 Å². The van der Waals surface area contributed by atoms with Gasteiger partial charge in [0.15, 0.2) is 0 Å². The molecular formula is C21H22F6N2O5S2. The van der Waals surface area contributed by atoms with E-state index >= 15 is 0 Å². The first kappa shape index (κ1) is 29.9. The maximum absolute atomic E-state index is 10.6. The Balaban J connectivity index is 0.000000271. The van der Waals surface area contributed by atoms with Gasteiger partial charge in [-0.05, 0) is 30.0 Å². The molecule has 2 saturated heterocycles. The average Bonchev–Trinajstić information content (AvgIpc) is 3.43. The molecule has 4 heterocycles. The van der Waals surface area contributed by atoms with Gasteiger partial charge in [-0.1, -0.05) is 12.1 Å². The van der Waals surface area contributed by atoms with Crippen molar-refractivity contribution in [1.82, 2.24) is 9.88 Å². The quantitative estimate of drug-likeness (QED) is 0.509. The maximum atomic E-state index is 10.6. The van der Waals surface area contributed by atoms with Gasteiger partial charge in [-0.2, -0.15) is 26.3 Å². The van der Waals surface area contributed by atoms with Crippen molar-refractivity contribution >= 4 is 35.0 Å². The minimum Gasteiger partial charge on any atom is -0.475 e. The molecule has 4 rings (SSSR count). The predicted octanol–water partition coefficient (Wildman–Crippen LogP) is 4.69. The highest BCUT2D eigenvalue weighted by Crippen LogP contribution is 2.46. The molecule has 1 unspecified atom stereocenters. The van der Waals surface area contributed by atoms with Crippen molar-refractivity contribution in [3.05, 3.63) is 52.5 Å². The number of likely N-dealkylation sites (tertiary alicyclic amines) is 1. The first-order chi connectivity index (χ1) is 16.7. The SMILES string of the molecule is O=C(O)C(F)(F)F.O=C(O)C(F)(F)F.c1ccc(COC2CSC3(C2)CN(Cc2cccs2)C3)nc1. The van der Waals surface area contributed by atoms with E-state index in [1.807, 2.05) is 35.7 Å². The Kier molecular flexibility index (Phi) is 10.6. The molecule has 200 valence electrons. The van der Waals surface area contributed by atoms with Crippen LogP contribution in [0.5, 0.6) is 0 Å². The molecule has 2 aliphatic rings. The summed E-state index contributed by atoms with van der Waals surface area (Å²) >= 11 is 3.97. The van der Waals surface area contributed by atoms with Crippen molar-refractivity contribution < 1.29 is 50.9 Å². The van der Waals surface area contributed by atoms with Crippen LogP contribution in [0, 0.1) is 0 Å². The molecule has 1 atom stereocenters. The van der Waals surface area contributed by atoms with Crippen LogP contribution in [0.1, 0.15) is 17.0 Å². The molecule has 0 aliphatic carbocycles. The summed E-state index contributed by atoms with van der Waals surface area (Å²) in [5, 5.41) is 16.4. The molecule has 7 nitrogen and oxygen atoms in total. The van der Waals surface area contributed by atoms with Crippen LogP contribution in [0.4, 0.5) is 26.3 Å². The number of hydrogen-bond donors (Lipinski definition) is 2. The zero-order chi connectivity index (χ0) is 27.0. The highest BCUT2D eigenvalue weighted by atomic mass is 32.2. The normalized spacial score (nSPS) is 18.9. The number of hydrogen-bond acceptors (Lipinski definition) is 7. The Bertz CT molecular complexity index is 943. The molecule has 0 saturated carbocycles. The van der Waals surface area contributed by atoms with E-state index in [-0.39, 0.29) is 0 Å². The monoisotopic (exact) mass is 560 g/mol. The first-order valence-electron chi connectivity index (χ1n) is 10.2. The molecule has 0 aromatic carbocycles. The maximum Gasteiger partial charge on any atom is 0.490 e. The smallest absolute Gasteiger partial charge is 0.475 e. The van der Waals surface area contributed by atoms with Crippen LogP contribution in [0.15, 0.2) is 41.9 Å². The number of thiophene rings is 1. The van der Waals surface area contributed by atoms with Gasteiger partial charge in [-0.15, -0.1) is 23.1 Å². The predicted molar refractivity (Wildman–Crippen MR) is 120 cm³/mol. The minimum absolute atomic E-state index is 0.385. The third-order valence-corrected chi connectivity index (χ3v) is 7.27. The molecular weight excluding hydrogens is 538 g/mol. The Morgan fingerprint density at radius 1 is 1.06 bits per heavy atom. The zero-order valence-corrected chi connectivity index (χ0v) is 20.1. The third-order valence-electron chi connectivity index (χ3n) is 4.84. The summed E-state index contributed by atoms with van der Waals surface area (Å²) in [5.74, 6) is -4.39. The summed E-state index contributed by atoms with van der Waals surface area (Å²) in [6.07, 6.45) is -6.76. The Labute approximate surface area is 210 Å². The highest BCUT2D eigenvalue weighted by molar-refractivity contribution is 8.01. The van der Waals surface area contributed by atoms with Crippen LogP contribution in [0.2, 0.25) is 0 Å². The number of pyridine rings is 1. The summed E-state index contributed by atoms with van der Waals surface area (Å²) in [6.45, 7) is 4.17. The van der Waals surface area contributed by atoms with Crippen LogP contribution in [0.25, 0.3) is 0 Å². The van der Waals surface area contributed by atoms with E-state index in [1.165, 1.54) is 24.4 Å². The highest BCUT2D eigenvalue weighted by Gasteiger charge is 2.49. The van der Waals surface area contributed by atoms with Crippen LogP contribution >= 0.6 is 23.1 Å². The fraction of sp³-hybridized carbons (Fsp3) is 0.476. The van der Waals surface area contributed by atoms with Gasteiger partial charge in [-0.25, -0.2) is 9.59 Å². The summed E-state index contributed by atoms with van der Waals surface area (Å²) in [7, 11) is 0. The molecule has 15 heteroatoms. The fourth-order valence-corrected chi connectivity index (χ4v) is 5.67. The molecule has 2 aliphatic heterocycles. The lowest BCUT2D eigenvalue weighted by Crippen LogP contribution is -2.58. The molecule has 36 heavy (non-hydrogen) atoms. The van der Waals surface area contributed by atoms with Crippen molar-refractivity contribution in [1.29, 1.82) is 0 Å². The summed E-state index contributed by atoms with van der Waals surface area (Å²) in [6, 6.07) is 10.4. The third kappa shape index (κ3) is 9.95. The Morgan fingerprint density at radius 2 is 1.67 bits per heavy atom. The van der Waals surface area contributed by atoms with Crippen molar-refractivity contribution in [3.63, 3.8) is 0 Å². The molecule has 0 amide bonds. The second-order valence-corrected chi connectivity index (χ2v) is 10.3. The molecule has 1 spiro atoms. The van der Waals surface area contributed by atoms with Crippen molar-refractivity contribution in [2.24, 2.45) is 0 Å². The van der Waals surface area contributed by atoms with Crippen molar-refractivity contribution in [3.8, 4) is 0 Å². The number of alkyl halides is 6. The van der Waals surface area contributed by atoms with E-state index in [4.69, 9.17) is 24.5 Å². The lowest BCUT2D eigenvalue weighted by atomic mass is 9.93. The number of thioether (sulfide) groups is 1. The summed E-state index contributed by atoms with van der Waals surface area (Å²) in [4.78, 5) is 26.1. The molecule has 2 N–H and O–H groups in total. The van der Waals surface area contributed by atoms with E-state index in [9.17, 15) is 26.3 Å². The van der Waals surface area contributed by atoms with Crippen LogP contribution in [-0.4, -0.2) is 74.1 Å². The molecule has 2 aromatic rings. The van der Waals surface area contributed by atoms with Gasteiger partial charge in [-0.3, -0.25) is 9.88 Å². The lowest BCUT2D eigenvalue weighted by molar-refractivity contribution is -0.193. The topological polar surface area (TPSA) is 100.0 Å². The molecule has 2 fully saturated rings. The van der Waals surface area contributed by atoms with E-state index in [0.717, 1.165) is 18.0 Å². The fourth-order valence-electron chi connectivity index (χ4n) is 3.32. The minimum atomic E-state index is -5.08. The lowest BCUT2D eigenvalue weighted by Gasteiger charge is -2.47. The Hall–Kier alpha value is -2.36. The number of carbonyl (C=O) groups is 2. The molecule has 0 radical (unpaired) electrons. The number of aromatic nitrogens is 1. The number of halogens is 6. The second-order valence-electron chi connectivity index (χ2n) is 7.78. The van der Waals surface area contributed by atoms with Crippen LogP contribution in [-0.2, 0) is 27.5 Å². The number of carboxylic acid groups (broad SMARTS) is 2. The standard InChI is InChI=1S/C17H20N2OS2.2C2HF3O2/c1-2-6-18-14(4-1)10-20-15-8-17(22-11-15)12-19(13-17)9-16-5-3-7-21-16;2*3-2(4,5)1(6)7/h1-7,15H,8-13H2;2*(H,6,7). The van der Waals surface area contributed by atoms with Gasteiger partial charge in [0.25, 0.3) is 0 Å². The van der Waals surface area contributed by atoms with Crippen molar-refractivity contribution in [2.75, 3.05) is 18.8 Å². The number of ether oxygens (including phenoxy) is 1. The average molecular weight is 561 g/mol. The second kappa shape index (κ2) is 12.7. The van der Waals surface area contributed by atoms with Gasteiger partial charge in [0.1, 0.15) is 0 Å². The Morgan fingerprint density at radius 3 is 2.14 bits per heavy atom.